The molecule has 48 heavy (non-hydrogen) atoms. The van der Waals surface area contributed by atoms with E-state index in [1.807, 2.05) is 0 Å². The molecule has 0 aromatic rings. The average Bonchev–Trinajstić information content (AvgIpc) is 0.680. The molecule has 0 aliphatic rings. The van der Waals surface area contributed by atoms with Crippen molar-refractivity contribution in [3.8, 4) is 0 Å². The molecule has 0 spiro atoms. The fourth-order valence-electron chi connectivity index (χ4n) is 1.66. The second kappa shape index (κ2) is 35.9. The second-order valence-corrected chi connectivity index (χ2v) is 7.65. The highest BCUT2D eigenvalue weighted by atomic mass is 31.2. The van der Waals surface area contributed by atoms with Crippen LogP contribution in [0.4, 0.5) is 0 Å². The molecule has 0 amide bonds. The normalized spacial score (nSPS) is 44.0. The van der Waals surface area contributed by atoms with E-state index in [0.717, 1.165) is 0 Å². The van der Waals surface area contributed by atoms with Gasteiger partial charge in [0.2, 0.25) is 0 Å². The second-order valence-electron chi connectivity index (χ2n) is 6.41. The first-order chi connectivity index (χ1) is 49.6. The Morgan fingerprint density at radius 2 is 0.833 bits per heavy atom. The summed E-state index contributed by atoms with van der Waals surface area (Å²) in [6.07, 6.45) is -175. The van der Waals surface area contributed by atoms with Crippen molar-refractivity contribution in [1.82, 2.24) is 0 Å². The molecule has 0 saturated heterocycles. The highest BCUT2D eigenvalue weighted by Crippen LogP contribution is 2.36. The first-order valence-electron chi connectivity index (χ1n) is 46.7. The fraction of sp³-hybridized carbons (Fsp3) is 0.949. The topological polar surface area (TPSA) is 119 Å². The minimum atomic E-state index is -6.13. The van der Waals surface area contributed by atoms with Crippen molar-refractivity contribution < 1.29 is 134 Å². The van der Waals surface area contributed by atoms with E-state index >= 15 is 0 Å². The zero-order chi connectivity index (χ0) is 97.8. The van der Waals surface area contributed by atoms with E-state index in [2.05, 4.69) is 14.0 Å². The maximum Gasteiger partial charge on any atom is 0.469 e. The zero-order valence-electron chi connectivity index (χ0n) is 93.8. The largest absolute Gasteiger partial charge is 0.469 e. The van der Waals surface area contributed by atoms with Crippen LogP contribution < -0.4 is 0 Å². The molecular formula is C39H77O8P. The van der Waals surface area contributed by atoms with E-state index in [1.54, 1.807) is 0 Å². The van der Waals surface area contributed by atoms with Crippen LogP contribution in [0.25, 0.3) is 0 Å². The first-order valence-corrected chi connectivity index (χ1v) is 13.2. The van der Waals surface area contributed by atoms with E-state index < -0.39 is 257 Å². The molecule has 2 N–H and O–H groups in total. The van der Waals surface area contributed by atoms with Crippen LogP contribution in [0.3, 0.4) is 0 Å². The fourth-order valence-corrected chi connectivity index (χ4v) is 2.02. The number of esters is 2. The number of carbonyl (C=O) groups is 2. The predicted octanol–water partition coefficient (Wildman–Crippen LogP) is 12.1. The van der Waals surface area contributed by atoms with E-state index in [9.17, 15) is 23.9 Å². The van der Waals surface area contributed by atoms with Crippen LogP contribution in [0.15, 0.2) is 0 Å². The quantitative estimate of drug-likeness (QED) is 0.0470. The smallest absolute Gasteiger partial charge is 0.462 e. The van der Waals surface area contributed by atoms with Crippen LogP contribution in [0.5, 0.6) is 0 Å². The number of carbonyl (C=O) groups excluding carboxylic acids is 2. The predicted molar refractivity (Wildman–Crippen MR) is 198 cm³/mol. The molecule has 0 radical (unpaired) electrons. The summed E-state index contributed by atoms with van der Waals surface area (Å²) < 4.78 is 599. The van der Waals surface area contributed by atoms with Crippen molar-refractivity contribution in [3.63, 3.8) is 0 Å². The molecule has 0 aliphatic heterocycles. The first kappa shape index (κ1) is 7.41. The van der Waals surface area contributed by atoms with Gasteiger partial charge in [-0.25, -0.2) is 4.57 Å². The molecule has 0 unspecified atom stereocenters. The number of phosphoric ester groups is 1. The van der Waals surface area contributed by atoms with Crippen LogP contribution in [-0.2, 0) is 28.2 Å². The Balaban J connectivity index is 8.09. The van der Waals surface area contributed by atoms with Crippen molar-refractivity contribution in [2.24, 2.45) is 0 Å². The van der Waals surface area contributed by atoms with Crippen molar-refractivity contribution >= 4 is 19.8 Å². The lowest BCUT2D eigenvalue weighted by atomic mass is 10.0. The van der Waals surface area contributed by atoms with Crippen molar-refractivity contribution in [3.05, 3.63) is 0 Å². The SMILES string of the molecule is [2H]C([2H])([2H])C([2H])([2H])C([2H])([2H])C([2H])([2H])C([2H])([2H])C([2H])([2H])C([2H])([2H])C([2H])([2H])C([2H])([2H])C([2H])([2H])C([2H])([2H])C([2H])([2H])C([2H])([2H])C([2H])([2H])C([2H])([2H])C([2H])([2H])C([2H])([2H])C(=O)OC[C@H](COP(=O)(O)O)OC(=O)C([2H])([2H])C([2H])([2H])C([2H])([2H])C([2H])([2H])C([2H])([2H])C([2H])([2H])C([2H])([2H])C([2H])([2H])C([2H])([2H])C([2H])([2H])C([2H])([2H])C([2H])([2H])C([2H])([2H])C([2H])([2H])C([2H])([2H])C([2H])([2H])C([2H])([2H])[2H]. The van der Waals surface area contributed by atoms with Crippen LogP contribution in [0, 0.1) is 0 Å². The molecule has 0 aromatic heterocycles. The highest BCUT2D eigenvalue weighted by Gasteiger charge is 2.22. The number of hydrogen-bond donors (Lipinski definition) is 2. The van der Waals surface area contributed by atoms with Gasteiger partial charge in [0.1, 0.15) is 6.61 Å². The maximum atomic E-state index is 13.7. The molecule has 0 aliphatic carbocycles. The lowest BCUT2D eigenvalue weighted by Gasteiger charge is -2.18. The summed E-state index contributed by atoms with van der Waals surface area (Å²) in [7, 11) is -6.13. The number of hydrogen-bond acceptors (Lipinski definition) is 6. The van der Waals surface area contributed by atoms with E-state index in [4.69, 9.17) is 96.0 Å². The minimum absolute atomic E-state index is 2.20. The summed E-state index contributed by atoms with van der Waals surface area (Å²) in [6, 6.07) is 0. The van der Waals surface area contributed by atoms with Crippen LogP contribution in [-0.4, -0.2) is 41.0 Å². The van der Waals surface area contributed by atoms with E-state index in [1.165, 1.54) is 0 Å². The Kier molecular flexibility index (Phi) is 5.53. The molecule has 0 heterocycles. The summed E-state index contributed by atoms with van der Waals surface area (Å²) in [5.41, 5.74) is 0. The zero-order valence-corrected chi connectivity index (χ0v) is 24.7. The summed E-state index contributed by atoms with van der Waals surface area (Å²) >= 11 is 0. The third kappa shape index (κ3) is 37.9. The molecule has 1 atom stereocenters. The molecule has 0 rings (SSSR count). The number of rotatable bonds is 38. The van der Waals surface area contributed by atoms with Crippen molar-refractivity contribution in [1.29, 1.82) is 0 Å². The summed E-state index contributed by atoms with van der Waals surface area (Å²) in [5, 5.41) is 0. The van der Waals surface area contributed by atoms with Crippen LogP contribution >= 0.6 is 7.82 Å². The molecule has 0 saturated carbocycles. The van der Waals surface area contributed by atoms with Crippen molar-refractivity contribution in [2.75, 3.05) is 13.2 Å². The molecule has 0 fully saturated rings. The molecule has 0 bridgehead atoms. The van der Waals surface area contributed by atoms with Gasteiger partial charge in [0.25, 0.3) is 0 Å². The minimum Gasteiger partial charge on any atom is -0.462 e. The number of ether oxygens (including phenoxy) is 2. The van der Waals surface area contributed by atoms with Gasteiger partial charge in [0.15, 0.2) is 6.10 Å². The van der Waals surface area contributed by atoms with Gasteiger partial charge < -0.3 is 19.3 Å². The van der Waals surface area contributed by atoms with E-state index in [-0.39, 0.29) is 0 Å². The van der Waals surface area contributed by atoms with Gasteiger partial charge in [-0.05, 0) is 12.7 Å². The Hall–Kier alpha value is -0.950. The van der Waals surface area contributed by atoms with Gasteiger partial charge in [0.05, 0.1) is 6.61 Å². The van der Waals surface area contributed by atoms with Gasteiger partial charge in [-0.3, -0.25) is 14.1 Å². The Morgan fingerprint density at radius 3 is 1.17 bits per heavy atom. The molecule has 8 nitrogen and oxygen atoms in total. The third-order valence-electron chi connectivity index (χ3n) is 3.18. The number of phosphoric acid groups is 1. The van der Waals surface area contributed by atoms with Gasteiger partial charge in [-0.2, -0.15) is 0 Å². The summed E-state index contributed by atoms with van der Waals surface area (Å²) in [6.45, 7) is -13.2. The molecular weight excluding hydrogens is 627 g/mol. The molecule has 0 aromatic carbocycles. The monoisotopic (exact) mass is 775 g/mol. The van der Waals surface area contributed by atoms with E-state index in [0.29, 0.717) is 0 Å². The van der Waals surface area contributed by atoms with Gasteiger partial charge in [-0.1, -0.05) is 192 Å². The summed E-state index contributed by atoms with van der Waals surface area (Å²) in [5.74, 6) is -6.36. The third-order valence-corrected chi connectivity index (χ3v) is 3.67. The Morgan fingerprint density at radius 1 is 0.521 bits per heavy atom. The average molecular weight is 775 g/mol. The molecule has 9 heteroatoms. The summed E-state index contributed by atoms with van der Waals surface area (Å²) in [4.78, 5) is 46.2. The van der Waals surface area contributed by atoms with Crippen LogP contribution in [0.2, 0.25) is 0 Å². The lowest BCUT2D eigenvalue weighted by Crippen LogP contribution is -2.29. The standard InChI is InChI=1S/C39H77O8P/c1-3-5-7-9-11-13-15-17-19-21-23-25-27-29-31-33-38(40)45-35-37(36-46-48(42,43)44)47-39(41)34-32-30-28-26-24-22-20-18-16-14-12-10-8-6-4-2/h37H,3-36H2,1-2H3,(H2,42,43,44)/t37-/m1/s1/i1D3,2D3,3D2,4D2,5D2,6D2,7D2,8D2,9D2,10D2,11D2,12D2,13D2,14D2,15D2,16D2,17D2,18D2,19D2,20D2,21D2,22D2,23D2,24D2,25D2,26D2,27D2,28D2,29D2,30D2,31D2,32D2,33D2,34D2. The van der Waals surface area contributed by atoms with Gasteiger partial charge in [0, 0.05) is 109 Å². The Labute approximate surface area is 394 Å². The van der Waals surface area contributed by atoms with Crippen LogP contribution in [0.1, 0.15) is 314 Å². The highest BCUT2D eigenvalue weighted by molar-refractivity contribution is 7.46. The lowest BCUT2D eigenvalue weighted by molar-refractivity contribution is -0.161. The maximum absolute atomic E-state index is 13.7. The van der Waals surface area contributed by atoms with Gasteiger partial charge >= 0.3 is 19.8 Å². The Bertz CT molecular complexity index is 3670. The van der Waals surface area contributed by atoms with Gasteiger partial charge in [-0.15, -0.1) is 0 Å². The van der Waals surface area contributed by atoms with Crippen molar-refractivity contribution in [2.45, 2.75) is 224 Å². The molecule has 286 valence electrons.